The zero-order valence-corrected chi connectivity index (χ0v) is 14.6. The van der Waals surface area contributed by atoms with Crippen molar-refractivity contribution in [3.05, 3.63) is 23.0 Å². The summed E-state index contributed by atoms with van der Waals surface area (Å²) in [4.78, 5) is 29.2. The van der Waals surface area contributed by atoms with E-state index in [4.69, 9.17) is 5.73 Å². The second kappa shape index (κ2) is 5.97. The summed E-state index contributed by atoms with van der Waals surface area (Å²) < 4.78 is 1.50. The molecule has 0 bridgehead atoms. The number of carbonyl (C=O) groups excluding carboxylic acids is 1. The molecular weight excluding hydrogens is 366 g/mol. The van der Waals surface area contributed by atoms with Gasteiger partial charge < -0.3 is 10.8 Å². The van der Waals surface area contributed by atoms with Crippen molar-refractivity contribution in [2.75, 3.05) is 11.5 Å². The Labute approximate surface area is 149 Å². The van der Waals surface area contributed by atoms with E-state index in [1.165, 1.54) is 32.9 Å². The van der Waals surface area contributed by atoms with Gasteiger partial charge in [-0.3, -0.25) is 9.69 Å². The van der Waals surface area contributed by atoms with E-state index in [1.807, 2.05) is 13.0 Å². The largest absolute Gasteiger partial charge is 0.477 e. The van der Waals surface area contributed by atoms with Crippen LogP contribution in [0.3, 0.4) is 0 Å². The number of carboxylic acid groups (broad SMARTS) is 1. The van der Waals surface area contributed by atoms with Crippen molar-refractivity contribution in [1.82, 2.24) is 29.9 Å². The Hall–Kier alpha value is -2.18. The predicted octanol–water partition coefficient (Wildman–Crippen LogP) is -0.499. The van der Waals surface area contributed by atoms with Crippen LogP contribution >= 0.6 is 23.5 Å². The Morgan fingerprint density at radius 3 is 3.12 bits per heavy atom. The molecule has 0 aliphatic carbocycles. The second-order valence-corrected chi connectivity index (χ2v) is 7.71. The second-order valence-electron chi connectivity index (χ2n) is 5.61. The number of carbonyl (C=O) groups is 2. The first-order valence-corrected chi connectivity index (χ1v) is 9.35. The molecule has 1 unspecified atom stereocenters. The van der Waals surface area contributed by atoms with Gasteiger partial charge in [-0.25, -0.2) is 9.78 Å². The Morgan fingerprint density at radius 1 is 1.56 bits per heavy atom. The summed E-state index contributed by atoms with van der Waals surface area (Å²) in [7, 11) is 0. The average molecular weight is 379 g/mol. The molecule has 10 nitrogen and oxygen atoms in total. The van der Waals surface area contributed by atoms with Crippen LogP contribution in [0.4, 0.5) is 0 Å². The average Bonchev–Trinajstić information content (AvgIpc) is 3.06. The van der Waals surface area contributed by atoms with E-state index in [9.17, 15) is 14.7 Å². The molecule has 2 atom stereocenters. The zero-order valence-electron chi connectivity index (χ0n) is 13.0. The fraction of sp³-hybridized carbons (Fsp3) is 0.385. The molecule has 130 valence electrons. The highest BCUT2D eigenvalue weighted by atomic mass is 32.2. The standard InChI is InChI=1S/C13H13N7O3S2/c1-5-2-7(20-13(15-5)16-17-18-20)24-3-6-4-25-11-8(14)10(21)19(11)9(6)12(22)23/h2,8,11H,3-4,14H2,1H3,(H,22,23)/t8?,11-/m1/s1. The van der Waals surface area contributed by atoms with E-state index in [0.717, 1.165) is 10.7 Å². The van der Waals surface area contributed by atoms with Gasteiger partial charge in [-0.05, 0) is 29.0 Å². The molecule has 4 heterocycles. The van der Waals surface area contributed by atoms with E-state index in [2.05, 4.69) is 20.5 Å². The number of carboxylic acids is 1. The van der Waals surface area contributed by atoms with Crippen molar-refractivity contribution in [2.45, 2.75) is 23.4 Å². The summed E-state index contributed by atoms with van der Waals surface area (Å²) in [6.07, 6.45) is 0. The number of amides is 1. The number of β-lactam (4-membered cyclic amide) rings is 1. The van der Waals surface area contributed by atoms with Crippen molar-refractivity contribution in [1.29, 1.82) is 0 Å². The summed E-state index contributed by atoms with van der Waals surface area (Å²) in [5.41, 5.74) is 7.23. The molecule has 1 fully saturated rings. The molecule has 1 amide bonds. The van der Waals surface area contributed by atoms with Crippen LogP contribution in [0.5, 0.6) is 0 Å². The highest BCUT2D eigenvalue weighted by Gasteiger charge is 2.51. The van der Waals surface area contributed by atoms with Gasteiger partial charge in [0.2, 0.25) is 5.91 Å². The predicted molar refractivity (Wildman–Crippen MR) is 89.8 cm³/mol. The van der Waals surface area contributed by atoms with Gasteiger partial charge in [0.1, 0.15) is 22.1 Å². The first-order chi connectivity index (χ1) is 12.0. The van der Waals surface area contributed by atoms with Gasteiger partial charge in [-0.15, -0.1) is 23.5 Å². The number of nitrogens with zero attached hydrogens (tertiary/aromatic N) is 6. The maximum atomic E-state index is 12.0. The van der Waals surface area contributed by atoms with Crippen LogP contribution in [0.25, 0.3) is 5.78 Å². The minimum absolute atomic E-state index is 0.0432. The molecule has 0 aromatic carbocycles. The summed E-state index contributed by atoms with van der Waals surface area (Å²) >= 11 is 2.89. The maximum Gasteiger partial charge on any atom is 0.352 e. The molecule has 2 aromatic rings. The lowest BCUT2D eigenvalue weighted by molar-refractivity contribution is -0.147. The minimum atomic E-state index is -1.11. The van der Waals surface area contributed by atoms with Gasteiger partial charge in [-0.1, -0.05) is 5.10 Å². The Kier molecular flexibility index (Phi) is 3.89. The molecule has 2 aliphatic heterocycles. The van der Waals surface area contributed by atoms with Crippen LogP contribution in [-0.2, 0) is 9.59 Å². The Bertz CT molecular complexity index is 927. The number of fused-ring (bicyclic) bond motifs is 2. The maximum absolute atomic E-state index is 12.0. The van der Waals surface area contributed by atoms with E-state index in [1.54, 1.807) is 0 Å². The van der Waals surface area contributed by atoms with Gasteiger partial charge in [0.05, 0.1) is 0 Å². The summed E-state index contributed by atoms with van der Waals surface area (Å²) in [5.74, 6) is -0.158. The highest BCUT2D eigenvalue weighted by Crippen LogP contribution is 2.40. The number of hydrogen-bond donors (Lipinski definition) is 2. The monoisotopic (exact) mass is 379 g/mol. The van der Waals surface area contributed by atoms with Gasteiger partial charge in [-0.2, -0.15) is 4.52 Å². The molecule has 2 aromatic heterocycles. The smallest absolute Gasteiger partial charge is 0.352 e. The number of thioether (sulfide) groups is 2. The normalized spacial score (nSPS) is 23.0. The zero-order chi connectivity index (χ0) is 17.7. The molecule has 12 heteroatoms. The van der Waals surface area contributed by atoms with Gasteiger partial charge >= 0.3 is 5.97 Å². The van der Waals surface area contributed by atoms with Crippen LogP contribution in [0.1, 0.15) is 5.69 Å². The van der Waals surface area contributed by atoms with Gasteiger partial charge in [0.25, 0.3) is 5.78 Å². The fourth-order valence-corrected chi connectivity index (χ4v) is 5.26. The molecule has 3 N–H and O–H groups in total. The van der Waals surface area contributed by atoms with Crippen LogP contribution < -0.4 is 5.73 Å². The molecule has 4 rings (SSSR count). The van der Waals surface area contributed by atoms with Crippen molar-refractivity contribution < 1.29 is 14.7 Å². The highest BCUT2D eigenvalue weighted by molar-refractivity contribution is 8.01. The quantitative estimate of drug-likeness (QED) is 0.406. The number of hydrogen-bond acceptors (Lipinski definition) is 9. The SMILES string of the molecule is Cc1cc(SCC2=C(C(=O)O)N3C(=O)C(N)[C@H]3SC2)n2nnnc2n1. The van der Waals surface area contributed by atoms with Crippen LogP contribution in [0, 0.1) is 6.92 Å². The van der Waals surface area contributed by atoms with E-state index >= 15 is 0 Å². The molecule has 2 aliphatic rings. The third-order valence-electron chi connectivity index (χ3n) is 3.96. The molecule has 0 radical (unpaired) electrons. The molecule has 0 saturated carbocycles. The number of aromatic nitrogens is 5. The van der Waals surface area contributed by atoms with Crippen LogP contribution in [0.2, 0.25) is 0 Å². The first kappa shape index (κ1) is 16.3. The lowest BCUT2D eigenvalue weighted by atomic mass is 10.0. The van der Waals surface area contributed by atoms with Gasteiger partial charge in [0, 0.05) is 17.2 Å². The number of rotatable bonds is 4. The summed E-state index contributed by atoms with van der Waals surface area (Å²) in [6, 6.07) is 1.20. The number of tetrazole rings is 1. The van der Waals surface area contributed by atoms with Crippen molar-refractivity contribution in [3.63, 3.8) is 0 Å². The van der Waals surface area contributed by atoms with Crippen LogP contribution in [-0.4, -0.2) is 69.8 Å². The minimum Gasteiger partial charge on any atom is -0.477 e. The van der Waals surface area contributed by atoms with E-state index < -0.39 is 12.0 Å². The van der Waals surface area contributed by atoms with E-state index in [-0.39, 0.29) is 17.0 Å². The fourth-order valence-electron chi connectivity index (χ4n) is 2.78. The Balaban J connectivity index is 1.63. The molecular formula is C13H13N7O3S2. The third kappa shape index (κ3) is 2.56. The third-order valence-corrected chi connectivity index (χ3v) is 6.40. The van der Waals surface area contributed by atoms with Gasteiger partial charge in [0.15, 0.2) is 0 Å². The summed E-state index contributed by atoms with van der Waals surface area (Å²) in [5, 5.41) is 21.3. The first-order valence-electron chi connectivity index (χ1n) is 7.31. The molecule has 0 spiro atoms. The van der Waals surface area contributed by atoms with Crippen molar-refractivity contribution in [3.8, 4) is 0 Å². The van der Waals surface area contributed by atoms with Crippen molar-refractivity contribution >= 4 is 41.2 Å². The lowest BCUT2D eigenvalue weighted by Crippen LogP contribution is -2.68. The lowest BCUT2D eigenvalue weighted by Gasteiger charge is -2.48. The summed E-state index contributed by atoms with van der Waals surface area (Å²) in [6.45, 7) is 1.84. The number of aryl methyl sites for hydroxylation is 1. The Morgan fingerprint density at radius 2 is 2.36 bits per heavy atom. The molecule has 25 heavy (non-hydrogen) atoms. The number of nitrogens with two attached hydrogens (primary N) is 1. The molecule has 1 saturated heterocycles. The van der Waals surface area contributed by atoms with Crippen LogP contribution in [0.15, 0.2) is 22.4 Å². The number of aliphatic carboxylic acids is 1. The van der Waals surface area contributed by atoms with Crippen molar-refractivity contribution in [2.24, 2.45) is 5.73 Å². The van der Waals surface area contributed by atoms with E-state index in [0.29, 0.717) is 22.9 Å². The topological polar surface area (TPSA) is 140 Å².